The molecule has 8 nitrogen and oxygen atoms in total. The fourth-order valence-electron chi connectivity index (χ4n) is 3.26. The van der Waals surface area contributed by atoms with Gasteiger partial charge in [-0.15, -0.1) is 0 Å². The van der Waals surface area contributed by atoms with Gasteiger partial charge in [0.2, 0.25) is 17.7 Å². The highest BCUT2D eigenvalue weighted by Gasteiger charge is 2.24. The molecule has 1 aliphatic rings. The number of methoxy groups -OCH3 is 1. The summed E-state index contributed by atoms with van der Waals surface area (Å²) in [6.45, 7) is 5.75. The van der Waals surface area contributed by atoms with E-state index in [0.29, 0.717) is 63.2 Å². The number of carbonyl (C=O) groups is 2. The van der Waals surface area contributed by atoms with E-state index in [1.54, 1.807) is 7.11 Å². The lowest BCUT2D eigenvalue weighted by Gasteiger charge is -2.34. The minimum Gasteiger partial charge on any atom is -0.441 e. The quantitative estimate of drug-likeness (QED) is 0.668. The highest BCUT2D eigenvalue weighted by atomic mass is 16.5. The predicted molar refractivity (Wildman–Crippen MR) is 108 cm³/mol. The molecule has 156 valence electrons. The largest absolute Gasteiger partial charge is 0.441 e. The Balaban J connectivity index is 1.48. The van der Waals surface area contributed by atoms with Crippen molar-refractivity contribution >= 4 is 11.8 Å². The molecule has 0 saturated carbocycles. The number of hydrogen-bond donors (Lipinski definition) is 1. The van der Waals surface area contributed by atoms with Crippen molar-refractivity contribution in [1.29, 1.82) is 0 Å². The monoisotopic (exact) mass is 400 g/mol. The van der Waals surface area contributed by atoms with E-state index in [9.17, 15) is 9.59 Å². The molecule has 2 amide bonds. The van der Waals surface area contributed by atoms with Gasteiger partial charge in [-0.1, -0.05) is 18.2 Å². The van der Waals surface area contributed by atoms with Crippen molar-refractivity contribution in [3.8, 4) is 11.5 Å². The van der Waals surface area contributed by atoms with Crippen molar-refractivity contribution in [3.05, 3.63) is 41.8 Å². The van der Waals surface area contributed by atoms with Crippen LogP contribution in [-0.2, 0) is 20.7 Å². The fourth-order valence-corrected chi connectivity index (χ4v) is 3.26. The molecule has 3 rings (SSSR count). The number of aromatic nitrogens is 1. The maximum atomic E-state index is 12.7. The number of aryl methyl sites for hydroxylation is 1. The van der Waals surface area contributed by atoms with Gasteiger partial charge in [0, 0.05) is 45.4 Å². The molecule has 1 aliphatic heterocycles. The average molecular weight is 400 g/mol. The van der Waals surface area contributed by atoms with E-state index < -0.39 is 0 Å². The average Bonchev–Trinajstić information content (AvgIpc) is 3.09. The smallest absolute Gasteiger partial charge is 0.234 e. The minimum absolute atomic E-state index is 0.0199. The topological polar surface area (TPSA) is 87.9 Å². The van der Waals surface area contributed by atoms with Crippen LogP contribution in [0.5, 0.6) is 0 Å². The van der Waals surface area contributed by atoms with Crippen LogP contribution < -0.4 is 5.32 Å². The van der Waals surface area contributed by atoms with Gasteiger partial charge < -0.3 is 19.4 Å². The van der Waals surface area contributed by atoms with E-state index in [2.05, 4.69) is 15.2 Å². The molecule has 1 aromatic heterocycles. The van der Waals surface area contributed by atoms with Crippen molar-refractivity contribution < 1.29 is 18.7 Å². The molecular formula is C21H28N4O4. The molecule has 2 heterocycles. The number of nitrogens with one attached hydrogen (secondary N) is 1. The number of rotatable bonds is 8. The standard InChI is InChI=1S/C21H28N4O4/c1-16-18(23-21(29-16)17-6-4-3-5-7-17)14-20(27)25-11-9-24(10-12-25)15-19(26)22-8-13-28-2/h3-7H,8-15H2,1-2H3,(H,22,26). The number of hydrogen-bond acceptors (Lipinski definition) is 6. The molecule has 0 radical (unpaired) electrons. The van der Waals surface area contributed by atoms with Crippen LogP contribution in [0.1, 0.15) is 11.5 Å². The summed E-state index contributed by atoms with van der Waals surface area (Å²) in [6, 6.07) is 9.66. The second-order valence-electron chi connectivity index (χ2n) is 7.06. The van der Waals surface area contributed by atoms with Crippen LogP contribution in [0.2, 0.25) is 0 Å². The number of carbonyl (C=O) groups excluding carboxylic acids is 2. The molecule has 1 N–H and O–H groups in total. The summed E-state index contributed by atoms with van der Waals surface area (Å²) in [7, 11) is 1.60. The Kier molecular flexibility index (Phi) is 7.37. The number of nitrogens with zero attached hydrogens (tertiary/aromatic N) is 3. The summed E-state index contributed by atoms with van der Waals surface area (Å²) in [5.41, 5.74) is 1.57. The molecule has 1 aromatic carbocycles. The molecule has 0 spiro atoms. The van der Waals surface area contributed by atoms with E-state index in [-0.39, 0.29) is 18.2 Å². The van der Waals surface area contributed by atoms with Gasteiger partial charge in [0.15, 0.2) is 0 Å². The zero-order chi connectivity index (χ0) is 20.6. The van der Waals surface area contributed by atoms with Gasteiger partial charge in [0.05, 0.1) is 25.3 Å². The van der Waals surface area contributed by atoms with Crippen molar-refractivity contribution in [2.45, 2.75) is 13.3 Å². The van der Waals surface area contributed by atoms with E-state index in [4.69, 9.17) is 9.15 Å². The molecule has 0 atom stereocenters. The first kappa shape index (κ1) is 21.0. The van der Waals surface area contributed by atoms with Crippen LogP contribution in [0.15, 0.2) is 34.7 Å². The molecule has 2 aromatic rings. The van der Waals surface area contributed by atoms with Crippen molar-refractivity contribution in [2.75, 3.05) is 53.0 Å². The Morgan fingerprint density at radius 2 is 1.90 bits per heavy atom. The lowest BCUT2D eigenvalue weighted by molar-refractivity contribution is -0.132. The zero-order valence-corrected chi connectivity index (χ0v) is 17.0. The third-order valence-electron chi connectivity index (χ3n) is 4.95. The summed E-state index contributed by atoms with van der Waals surface area (Å²) in [4.78, 5) is 33.0. The van der Waals surface area contributed by atoms with Crippen molar-refractivity contribution in [2.24, 2.45) is 0 Å². The Labute approximate surface area is 170 Å². The fraction of sp³-hybridized carbons (Fsp3) is 0.476. The number of oxazole rings is 1. The first-order chi connectivity index (χ1) is 14.1. The molecule has 0 bridgehead atoms. The first-order valence-corrected chi connectivity index (χ1v) is 9.84. The van der Waals surface area contributed by atoms with Crippen molar-refractivity contribution in [3.63, 3.8) is 0 Å². The normalized spacial score (nSPS) is 14.8. The molecular weight excluding hydrogens is 372 g/mol. The van der Waals surface area contributed by atoms with Crippen LogP contribution in [0.4, 0.5) is 0 Å². The van der Waals surface area contributed by atoms with Gasteiger partial charge in [-0.25, -0.2) is 4.98 Å². The summed E-state index contributed by atoms with van der Waals surface area (Å²) >= 11 is 0. The molecule has 0 aliphatic carbocycles. The second kappa shape index (κ2) is 10.2. The van der Waals surface area contributed by atoms with Gasteiger partial charge in [-0.05, 0) is 19.1 Å². The number of piperazine rings is 1. The minimum atomic E-state index is -0.0199. The summed E-state index contributed by atoms with van der Waals surface area (Å²) in [6.07, 6.45) is 0.222. The van der Waals surface area contributed by atoms with E-state index in [0.717, 1.165) is 5.56 Å². The number of amides is 2. The first-order valence-electron chi connectivity index (χ1n) is 9.84. The molecule has 29 heavy (non-hydrogen) atoms. The van der Waals surface area contributed by atoms with Gasteiger partial charge in [0.1, 0.15) is 5.76 Å². The van der Waals surface area contributed by atoms with Gasteiger partial charge in [-0.3, -0.25) is 14.5 Å². The van der Waals surface area contributed by atoms with Gasteiger partial charge in [-0.2, -0.15) is 0 Å². The van der Waals surface area contributed by atoms with E-state index >= 15 is 0 Å². The number of benzene rings is 1. The molecule has 1 saturated heterocycles. The highest BCUT2D eigenvalue weighted by molar-refractivity contribution is 5.79. The van der Waals surface area contributed by atoms with Crippen molar-refractivity contribution in [1.82, 2.24) is 20.1 Å². The second-order valence-corrected chi connectivity index (χ2v) is 7.06. The SMILES string of the molecule is COCCNC(=O)CN1CCN(C(=O)Cc2nc(-c3ccccc3)oc2C)CC1. The lowest BCUT2D eigenvalue weighted by Crippen LogP contribution is -2.51. The number of ether oxygens (including phenoxy) is 1. The zero-order valence-electron chi connectivity index (χ0n) is 17.0. The van der Waals surface area contributed by atoms with Crippen LogP contribution in [-0.4, -0.2) is 79.6 Å². The Morgan fingerprint density at radius 3 is 2.59 bits per heavy atom. The summed E-state index contributed by atoms with van der Waals surface area (Å²) < 4.78 is 10.7. The van der Waals surface area contributed by atoms with Crippen LogP contribution in [0.3, 0.4) is 0 Å². The predicted octanol–water partition coefficient (Wildman–Crippen LogP) is 1.10. The van der Waals surface area contributed by atoms with E-state index in [1.165, 1.54) is 0 Å². The third-order valence-corrected chi connectivity index (χ3v) is 4.95. The third kappa shape index (κ3) is 5.88. The van der Waals surface area contributed by atoms with E-state index in [1.807, 2.05) is 42.2 Å². The summed E-state index contributed by atoms with van der Waals surface area (Å²) in [5.74, 6) is 1.22. The van der Waals surface area contributed by atoms with Gasteiger partial charge in [0.25, 0.3) is 0 Å². The van der Waals surface area contributed by atoms with Crippen LogP contribution in [0, 0.1) is 6.92 Å². The van der Waals surface area contributed by atoms with Gasteiger partial charge >= 0.3 is 0 Å². The highest BCUT2D eigenvalue weighted by Crippen LogP contribution is 2.22. The molecule has 1 fully saturated rings. The Bertz CT molecular complexity index is 813. The maximum absolute atomic E-state index is 12.7. The molecule has 8 heteroatoms. The Hall–Kier alpha value is -2.71. The van der Waals surface area contributed by atoms with Crippen LogP contribution >= 0.6 is 0 Å². The van der Waals surface area contributed by atoms with Crippen LogP contribution in [0.25, 0.3) is 11.5 Å². The lowest BCUT2D eigenvalue weighted by atomic mass is 10.2. The molecule has 0 unspecified atom stereocenters. The Morgan fingerprint density at radius 1 is 1.17 bits per heavy atom. The summed E-state index contributed by atoms with van der Waals surface area (Å²) in [5, 5.41) is 2.81. The maximum Gasteiger partial charge on any atom is 0.234 e.